The summed E-state index contributed by atoms with van der Waals surface area (Å²) in [5.74, 6) is -0.258. The molecule has 78 valence electrons. The molecule has 0 unspecified atom stereocenters. The zero-order valence-corrected chi connectivity index (χ0v) is 8.60. The lowest BCUT2D eigenvalue weighted by molar-refractivity contribution is 0.0683. The highest BCUT2D eigenvalue weighted by atomic mass is 16.4. The van der Waals surface area contributed by atoms with Crippen LogP contribution in [0.1, 0.15) is 37.2 Å². The highest BCUT2D eigenvalue weighted by molar-refractivity contribution is 5.85. The van der Waals surface area contributed by atoms with E-state index in [2.05, 4.69) is 18.9 Å². The molecule has 1 aromatic heterocycles. The first-order valence-corrected chi connectivity index (χ1v) is 4.86. The third kappa shape index (κ3) is 2.87. The molecule has 4 nitrogen and oxygen atoms in total. The van der Waals surface area contributed by atoms with Crippen LogP contribution < -0.4 is 0 Å². The van der Waals surface area contributed by atoms with Crippen LogP contribution in [-0.4, -0.2) is 20.9 Å². The quantitative estimate of drug-likeness (QED) is 0.783. The number of aromatic carboxylic acids is 1. The molecule has 1 aromatic rings. The van der Waals surface area contributed by atoms with E-state index in [1.165, 1.54) is 12.3 Å². The van der Waals surface area contributed by atoms with E-state index < -0.39 is 5.97 Å². The van der Waals surface area contributed by atoms with Gasteiger partial charge in [-0.25, -0.2) is 4.79 Å². The molecule has 1 rings (SSSR count). The second-order valence-corrected chi connectivity index (χ2v) is 3.78. The molecule has 0 saturated carbocycles. The fourth-order valence-electron chi connectivity index (χ4n) is 1.34. The number of rotatable bonds is 5. The highest BCUT2D eigenvalue weighted by Gasteiger charge is 2.09. The molecule has 0 fully saturated rings. The Balaban J connectivity index is 2.50. The van der Waals surface area contributed by atoms with Crippen LogP contribution in [0.5, 0.6) is 0 Å². The molecule has 0 aliphatic heterocycles. The third-order valence-corrected chi connectivity index (χ3v) is 2.09. The Morgan fingerprint density at radius 1 is 1.64 bits per heavy atom. The van der Waals surface area contributed by atoms with Gasteiger partial charge in [0.05, 0.1) is 0 Å². The second-order valence-electron chi connectivity index (χ2n) is 3.78. The molecule has 1 N–H and O–H groups in total. The lowest BCUT2D eigenvalue weighted by atomic mass is 10.1. The van der Waals surface area contributed by atoms with Crippen LogP contribution in [0.2, 0.25) is 0 Å². The normalized spacial score (nSPS) is 10.8. The van der Waals surface area contributed by atoms with Crippen molar-refractivity contribution in [3.63, 3.8) is 0 Å². The Hall–Kier alpha value is -1.32. The second kappa shape index (κ2) is 4.79. The maximum absolute atomic E-state index is 10.7. The summed E-state index contributed by atoms with van der Waals surface area (Å²) >= 11 is 0. The fraction of sp³-hybridized carbons (Fsp3) is 0.600. The number of carboxylic acid groups (broad SMARTS) is 1. The van der Waals surface area contributed by atoms with E-state index in [-0.39, 0.29) is 5.69 Å². The SMILES string of the molecule is CC(C)CCCn1nccc1C(=O)O. The van der Waals surface area contributed by atoms with Crippen LogP contribution in [0.15, 0.2) is 12.3 Å². The standard InChI is InChI=1S/C10H16N2O2/c1-8(2)4-3-7-12-9(10(13)14)5-6-11-12/h5-6,8H,3-4,7H2,1-2H3,(H,13,14). The first-order chi connectivity index (χ1) is 6.61. The van der Waals surface area contributed by atoms with Crippen molar-refractivity contribution < 1.29 is 9.90 Å². The minimum atomic E-state index is -0.910. The highest BCUT2D eigenvalue weighted by Crippen LogP contribution is 2.06. The summed E-state index contributed by atoms with van der Waals surface area (Å²) in [4.78, 5) is 10.7. The maximum Gasteiger partial charge on any atom is 0.354 e. The van der Waals surface area contributed by atoms with Gasteiger partial charge in [0.25, 0.3) is 0 Å². The van der Waals surface area contributed by atoms with Gasteiger partial charge >= 0.3 is 5.97 Å². The molecular formula is C10H16N2O2. The average Bonchev–Trinajstić information content (AvgIpc) is 2.51. The average molecular weight is 196 g/mol. The molecule has 0 amide bonds. The summed E-state index contributed by atoms with van der Waals surface area (Å²) in [5.41, 5.74) is 0.272. The predicted molar refractivity (Wildman–Crippen MR) is 53.3 cm³/mol. The topological polar surface area (TPSA) is 55.1 Å². The summed E-state index contributed by atoms with van der Waals surface area (Å²) in [5, 5.41) is 12.8. The van der Waals surface area contributed by atoms with Crippen molar-refractivity contribution in [3.05, 3.63) is 18.0 Å². The van der Waals surface area contributed by atoms with Gasteiger partial charge in [0.1, 0.15) is 5.69 Å². The molecule has 0 radical (unpaired) electrons. The van der Waals surface area contributed by atoms with Gasteiger partial charge in [-0.2, -0.15) is 5.10 Å². The zero-order valence-electron chi connectivity index (χ0n) is 8.60. The maximum atomic E-state index is 10.7. The molecule has 0 spiro atoms. The van der Waals surface area contributed by atoms with Gasteiger partial charge in [-0.05, 0) is 24.8 Å². The van der Waals surface area contributed by atoms with Crippen molar-refractivity contribution in [2.75, 3.05) is 0 Å². The van der Waals surface area contributed by atoms with Crippen LogP contribution in [-0.2, 0) is 6.54 Å². The van der Waals surface area contributed by atoms with Crippen molar-refractivity contribution in [2.45, 2.75) is 33.2 Å². The van der Waals surface area contributed by atoms with Crippen molar-refractivity contribution in [2.24, 2.45) is 5.92 Å². The van der Waals surface area contributed by atoms with Gasteiger partial charge in [0, 0.05) is 12.7 Å². The van der Waals surface area contributed by atoms with Crippen molar-refractivity contribution in [3.8, 4) is 0 Å². The van der Waals surface area contributed by atoms with E-state index in [9.17, 15) is 4.79 Å². The molecule has 0 atom stereocenters. The number of nitrogens with zero attached hydrogens (tertiary/aromatic N) is 2. The first kappa shape index (κ1) is 10.8. The Labute approximate surface area is 83.5 Å². The summed E-state index contributed by atoms with van der Waals surface area (Å²) in [6.07, 6.45) is 3.59. The van der Waals surface area contributed by atoms with Gasteiger partial charge in [0.2, 0.25) is 0 Å². The fourth-order valence-corrected chi connectivity index (χ4v) is 1.34. The van der Waals surface area contributed by atoms with E-state index in [0.29, 0.717) is 12.5 Å². The summed E-state index contributed by atoms with van der Waals surface area (Å²) in [7, 11) is 0. The summed E-state index contributed by atoms with van der Waals surface area (Å²) in [6, 6.07) is 1.53. The van der Waals surface area contributed by atoms with E-state index in [1.54, 1.807) is 4.68 Å². The Morgan fingerprint density at radius 3 is 2.93 bits per heavy atom. The van der Waals surface area contributed by atoms with E-state index in [1.807, 2.05) is 0 Å². The minimum Gasteiger partial charge on any atom is -0.477 e. The molecule has 14 heavy (non-hydrogen) atoms. The zero-order chi connectivity index (χ0) is 10.6. The lowest BCUT2D eigenvalue weighted by Crippen LogP contribution is -2.10. The third-order valence-electron chi connectivity index (χ3n) is 2.09. The van der Waals surface area contributed by atoms with Gasteiger partial charge in [-0.1, -0.05) is 13.8 Å². The van der Waals surface area contributed by atoms with Crippen LogP contribution >= 0.6 is 0 Å². The van der Waals surface area contributed by atoms with E-state index in [4.69, 9.17) is 5.11 Å². The van der Waals surface area contributed by atoms with Gasteiger partial charge in [-0.3, -0.25) is 4.68 Å². The van der Waals surface area contributed by atoms with Gasteiger partial charge in [0.15, 0.2) is 0 Å². The Bertz CT molecular complexity index is 305. The predicted octanol–water partition coefficient (Wildman–Crippen LogP) is 2.02. The van der Waals surface area contributed by atoms with Gasteiger partial charge < -0.3 is 5.11 Å². The molecular weight excluding hydrogens is 180 g/mol. The minimum absolute atomic E-state index is 0.272. The number of aromatic nitrogens is 2. The number of carbonyl (C=O) groups is 1. The molecule has 1 heterocycles. The van der Waals surface area contributed by atoms with Crippen LogP contribution in [0, 0.1) is 5.92 Å². The first-order valence-electron chi connectivity index (χ1n) is 4.86. The molecule has 0 aliphatic carbocycles. The van der Waals surface area contributed by atoms with Gasteiger partial charge in [-0.15, -0.1) is 0 Å². The lowest BCUT2D eigenvalue weighted by Gasteiger charge is -2.06. The van der Waals surface area contributed by atoms with E-state index in [0.717, 1.165) is 12.8 Å². The largest absolute Gasteiger partial charge is 0.477 e. The van der Waals surface area contributed by atoms with E-state index >= 15 is 0 Å². The van der Waals surface area contributed by atoms with Crippen molar-refractivity contribution in [1.29, 1.82) is 0 Å². The number of aryl methyl sites for hydroxylation is 1. The summed E-state index contributed by atoms with van der Waals surface area (Å²) in [6.45, 7) is 5.00. The smallest absolute Gasteiger partial charge is 0.354 e. The molecule has 0 saturated heterocycles. The van der Waals surface area contributed by atoms with Crippen LogP contribution in [0.4, 0.5) is 0 Å². The Morgan fingerprint density at radius 2 is 2.36 bits per heavy atom. The number of hydrogen-bond acceptors (Lipinski definition) is 2. The van der Waals surface area contributed by atoms with Crippen LogP contribution in [0.3, 0.4) is 0 Å². The number of carboxylic acids is 1. The van der Waals surface area contributed by atoms with Crippen molar-refractivity contribution >= 4 is 5.97 Å². The molecule has 0 aliphatic rings. The molecule has 0 bridgehead atoms. The molecule has 0 aromatic carbocycles. The number of hydrogen-bond donors (Lipinski definition) is 1. The monoisotopic (exact) mass is 196 g/mol. The summed E-state index contributed by atoms with van der Waals surface area (Å²) < 4.78 is 1.55. The van der Waals surface area contributed by atoms with Crippen LogP contribution in [0.25, 0.3) is 0 Å². The Kier molecular flexibility index (Phi) is 3.68. The van der Waals surface area contributed by atoms with Crippen molar-refractivity contribution in [1.82, 2.24) is 9.78 Å². The molecule has 4 heteroatoms.